The summed E-state index contributed by atoms with van der Waals surface area (Å²) in [6, 6.07) is 6.34. The van der Waals surface area contributed by atoms with Gasteiger partial charge in [0.15, 0.2) is 11.5 Å². The summed E-state index contributed by atoms with van der Waals surface area (Å²) in [6.07, 6.45) is 7.56. The molecule has 0 aromatic heterocycles. The molecule has 0 saturated heterocycles. The maximum atomic E-state index is 11.3. The maximum absolute atomic E-state index is 11.3. The van der Waals surface area contributed by atoms with Crippen LogP contribution in [0.4, 0.5) is 0 Å². The second kappa shape index (κ2) is 4.80. The van der Waals surface area contributed by atoms with Crippen molar-refractivity contribution in [2.24, 2.45) is 47.3 Å². The number of carbonyl (C=O) groups is 1. The minimum atomic E-state index is -0.619. The van der Waals surface area contributed by atoms with Gasteiger partial charge in [-0.05, 0) is 77.9 Å². The summed E-state index contributed by atoms with van der Waals surface area (Å²) < 4.78 is 11.0. The summed E-state index contributed by atoms with van der Waals surface area (Å²) in [6.45, 7) is 0.320. The van der Waals surface area contributed by atoms with Crippen molar-refractivity contribution in [1.29, 1.82) is 0 Å². The van der Waals surface area contributed by atoms with Crippen molar-refractivity contribution in [2.45, 2.75) is 19.3 Å². The molecule has 1 N–H and O–H groups in total. The molecule has 3 fully saturated rings. The summed E-state index contributed by atoms with van der Waals surface area (Å²) >= 11 is 0. The molecule has 25 heavy (non-hydrogen) atoms. The fourth-order valence-electron chi connectivity index (χ4n) is 7.12. The van der Waals surface area contributed by atoms with Crippen molar-refractivity contribution >= 4 is 5.97 Å². The molecule has 0 spiro atoms. The molecule has 1 aliphatic heterocycles. The first-order valence-corrected chi connectivity index (χ1v) is 9.49. The molecule has 0 amide bonds. The van der Waals surface area contributed by atoms with Gasteiger partial charge in [-0.1, -0.05) is 18.2 Å². The Balaban J connectivity index is 1.30. The maximum Gasteiger partial charge on any atom is 0.303 e. The second-order valence-electron chi connectivity index (χ2n) is 8.58. The van der Waals surface area contributed by atoms with Gasteiger partial charge in [-0.3, -0.25) is 4.79 Å². The van der Waals surface area contributed by atoms with E-state index in [4.69, 9.17) is 9.47 Å². The number of ether oxygens (including phenoxy) is 2. The lowest BCUT2D eigenvalue weighted by Gasteiger charge is -2.59. The number of hydrogen-bond donors (Lipinski definition) is 1. The molecule has 3 saturated carbocycles. The predicted molar refractivity (Wildman–Crippen MR) is 90.2 cm³/mol. The van der Waals surface area contributed by atoms with E-state index in [2.05, 4.69) is 24.3 Å². The van der Waals surface area contributed by atoms with E-state index in [1.54, 1.807) is 0 Å². The molecular formula is C21H22O4. The average molecular weight is 338 g/mol. The third kappa shape index (κ3) is 1.80. The summed E-state index contributed by atoms with van der Waals surface area (Å²) in [7, 11) is 0. The first kappa shape index (κ1) is 14.2. The van der Waals surface area contributed by atoms with Crippen molar-refractivity contribution in [1.82, 2.24) is 0 Å². The quantitative estimate of drug-likeness (QED) is 0.855. The van der Waals surface area contributed by atoms with Crippen molar-refractivity contribution in [3.8, 4) is 11.5 Å². The Labute approximate surface area is 146 Å². The number of allylic oxidation sites excluding steroid dienone is 2. The van der Waals surface area contributed by atoms with E-state index >= 15 is 0 Å². The van der Waals surface area contributed by atoms with Crippen LogP contribution in [0.3, 0.4) is 0 Å². The highest BCUT2D eigenvalue weighted by atomic mass is 16.7. The first-order chi connectivity index (χ1) is 12.2. The molecule has 4 bridgehead atoms. The van der Waals surface area contributed by atoms with E-state index in [-0.39, 0.29) is 0 Å². The van der Waals surface area contributed by atoms with Gasteiger partial charge in [-0.15, -0.1) is 0 Å². The van der Waals surface area contributed by atoms with Crippen LogP contribution in [0.2, 0.25) is 0 Å². The molecular weight excluding hydrogens is 316 g/mol. The number of rotatable bonds is 4. The van der Waals surface area contributed by atoms with Gasteiger partial charge < -0.3 is 14.6 Å². The standard InChI is InChI=1S/C21H22O4/c22-19(23)8-16-15-7-14-12-3-2-11(21(16)20(12)15)13(14)5-10-1-4-17-18(6-10)25-9-24-17/h1-4,6,11-16,20-21H,5,7-9H2,(H,22,23). The van der Waals surface area contributed by atoms with Crippen molar-refractivity contribution in [2.75, 3.05) is 6.79 Å². The van der Waals surface area contributed by atoms with E-state index in [1.807, 2.05) is 6.07 Å². The van der Waals surface area contributed by atoms with Crippen LogP contribution in [0.15, 0.2) is 30.4 Å². The summed E-state index contributed by atoms with van der Waals surface area (Å²) in [5, 5.41) is 9.31. The zero-order chi connectivity index (χ0) is 16.7. The molecule has 4 heteroatoms. The first-order valence-electron chi connectivity index (χ1n) is 9.49. The fourth-order valence-corrected chi connectivity index (χ4v) is 7.12. The lowest BCUT2D eigenvalue weighted by atomic mass is 9.45. The fraction of sp³-hybridized carbons (Fsp3) is 0.571. The molecule has 5 aliphatic carbocycles. The molecule has 1 aromatic carbocycles. The van der Waals surface area contributed by atoms with Gasteiger partial charge in [0.25, 0.3) is 0 Å². The number of carboxylic acid groups (broad SMARTS) is 1. The molecule has 6 aliphatic rings. The summed E-state index contributed by atoms with van der Waals surface area (Å²) in [5.74, 6) is 6.20. The average Bonchev–Trinajstić information content (AvgIpc) is 3.15. The van der Waals surface area contributed by atoms with Crippen molar-refractivity contribution in [3.63, 3.8) is 0 Å². The molecule has 1 aromatic rings. The van der Waals surface area contributed by atoms with Crippen LogP contribution in [-0.4, -0.2) is 17.9 Å². The topological polar surface area (TPSA) is 55.8 Å². The van der Waals surface area contributed by atoms with Crippen molar-refractivity contribution in [3.05, 3.63) is 35.9 Å². The molecule has 130 valence electrons. The van der Waals surface area contributed by atoms with Crippen LogP contribution in [-0.2, 0) is 11.2 Å². The minimum Gasteiger partial charge on any atom is -0.481 e. The molecule has 8 atom stereocenters. The van der Waals surface area contributed by atoms with Gasteiger partial charge >= 0.3 is 5.97 Å². The van der Waals surface area contributed by atoms with Crippen LogP contribution < -0.4 is 9.47 Å². The highest BCUT2D eigenvalue weighted by molar-refractivity contribution is 5.67. The zero-order valence-corrected chi connectivity index (χ0v) is 14.0. The SMILES string of the molecule is O=C(O)CC1C2CC3C4C=CC(C3Cc3ccc5c(c3)OCO5)C1C42. The van der Waals surface area contributed by atoms with Crippen LogP contribution >= 0.6 is 0 Å². The lowest BCUT2D eigenvalue weighted by molar-refractivity contribution is -0.146. The number of benzene rings is 1. The Hall–Kier alpha value is -1.97. The summed E-state index contributed by atoms with van der Waals surface area (Å²) in [4.78, 5) is 11.3. The lowest BCUT2D eigenvalue weighted by Crippen LogP contribution is -2.56. The second-order valence-corrected chi connectivity index (χ2v) is 8.58. The van der Waals surface area contributed by atoms with Crippen LogP contribution in [0.5, 0.6) is 11.5 Å². The smallest absolute Gasteiger partial charge is 0.303 e. The third-order valence-corrected chi connectivity index (χ3v) is 7.83. The monoisotopic (exact) mass is 338 g/mol. The summed E-state index contributed by atoms with van der Waals surface area (Å²) in [5.41, 5.74) is 1.32. The Morgan fingerprint density at radius 1 is 1.04 bits per heavy atom. The van der Waals surface area contributed by atoms with Crippen LogP contribution in [0.1, 0.15) is 18.4 Å². The van der Waals surface area contributed by atoms with Gasteiger partial charge in [0.1, 0.15) is 0 Å². The van der Waals surface area contributed by atoms with E-state index in [1.165, 1.54) is 12.0 Å². The normalized spacial score (nSPS) is 44.0. The van der Waals surface area contributed by atoms with Gasteiger partial charge in [0, 0.05) is 6.42 Å². The largest absolute Gasteiger partial charge is 0.481 e. The molecule has 1 heterocycles. The third-order valence-electron chi connectivity index (χ3n) is 7.83. The van der Waals surface area contributed by atoms with E-state index in [0.717, 1.165) is 29.8 Å². The van der Waals surface area contributed by atoms with E-state index in [0.29, 0.717) is 48.7 Å². The number of hydrogen-bond acceptors (Lipinski definition) is 3. The van der Waals surface area contributed by atoms with Gasteiger partial charge in [0.2, 0.25) is 6.79 Å². The zero-order valence-electron chi connectivity index (χ0n) is 14.0. The van der Waals surface area contributed by atoms with Crippen molar-refractivity contribution < 1.29 is 19.4 Å². The van der Waals surface area contributed by atoms with Gasteiger partial charge in [-0.25, -0.2) is 0 Å². The highest BCUT2D eigenvalue weighted by Gasteiger charge is 2.68. The molecule has 0 radical (unpaired) electrons. The predicted octanol–water partition coefficient (Wildman–Crippen LogP) is 3.36. The Bertz CT molecular complexity index is 784. The van der Waals surface area contributed by atoms with Gasteiger partial charge in [0.05, 0.1) is 0 Å². The Morgan fingerprint density at radius 2 is 1.88 bits per heavy atom. The molecule has 4 nitrogen and oxygen atoms in total. The Morgan fingerprint density at radius 3 is 2.76 bits per heavy atom. The minimum absolute atomic E-state index is 0.320. The number of aliphatic carboxylic acids is 1. The molecule has 7 rings (SSSR count). The Kier molecular flexibility index (Phi) is 2.73. The molecule has 8 unspecified atom stereocenters. The van der Waals surface area contributed by atoms with E-state index in [9.17, 15) is 9.90 Å². The number of fused-ring (bicyclic) bond motifs is 1. The van der Waals surface area contributed by atoms with Crippen LogP contribution in [0.25, 0.3) is 0 Å². The van der Waals surface area contributed by atoms with E-state index < -0.39 is 5.97 Å². The number of carboxylic acids is 1. The van der Waals surface area contributed by atoms with Gasteiger partial charge in [-0.2, -0.15) is 0 Å². The van der Waals surface area contributed by atoms with Crippen LogP contribution in [0, 0.1) is 47.3 Å². The highest BCUT2D eigenvalue weighted by Crippen LogP contribution is 2.72.